The summed E-state index contributed by atoms with van der Waals surface area (Å²) in [5.74, 6) is -0.644. The molecule has 0 radical (unpaired) electrons. The van der Waals surface area contributed by atoms with Crippen molar-refractivity contribution < 1.29 is 41.8 Å². The van der Waals surface area contributed by atoms with E-state index in [9.17, 15) is 32.3 Å². The minimum atomic E-state index is -4.56. The van der Waals surface area contributed by atoms with Gasteiger partial charge < -0.3 is 19.4 Å². The van der Waals surface area contributed by atoms with Crippen LogP contribution in [0.15, 0.2) is 72.9 Å². The summed E-state index contributed by atoms with van der Waals surface area (Å²) in [6.45, 7) is 12.1. The van der Waals surface area contributed by atoms with E-state index in [1.54, 1.807) is 18.2 Å². The number of hydrogen-bond acceptors (Lipinski definition) is 9. The van der Waals surface area contributed by atoms with Gasteiger partial charge in [0.05, 0.1) is 40.9 Å². The standard InChI is InChI=1S/C45H50F3N7O6/c1-28-6-10-33(11-7-28)54-38-15-9-30(24-37(38)50-44(54)51-40(56)31-4-3-5-32(25-31)45(46,47)48)27-53-18-16-52(17-19-53)20-21-60-22-23-61-34-12-13-35-36(26-34)43(59)55(42(35)58)39-14-8-29(2)49-41(39)57/h3-5,9,12-13,15,24-26,28,33,39H,2,6-8,10-11,14,16-23,27H2,1H3,(H,49,57)(H,50,51,56)/t28-,33-,39?. The maximum absolute atomic E-state index is 13.4. The molecule has 322 valence electrons. The maximum atomic E-state index is 13.4. The molecule has 4 aliphatic rings. The molecule has 16 heteroatoms. The Balaban J connectivity index is 0.801. The highest BCUT2D eigenvalue weighted by molar-refractivity contribution is 6.23. The van der Waals surface area contributed by atoms with Crippen molar-refractivity contribution in [3.05, 3.63) is 101 Å². The summed E-state index contributed by atoms with van der Waals surface area (Å²) >= 11 is 0. The van der Waals surface area contributed by atoms with Crippen LogP contribution in [0, 0.1) is 5.92 Å². The number of carbonyl (C=O) groups is 4. The molecule has 8 rings (SSSR count). The number of halogens is 3. The van der Waals surface area contributed by atoms with Gasteiger partial charge in [0.15, 0.2) is 0 Å². The predicted octanol–water partition coefficient (Wildman–Crippen LogP) is 6.66. The second-order valence-electron chi connectivity index (χ2n) is 16.5. The van der Waals surface area contributed by atoms with Crippen LogP contribution in [0.5, 0.6) is 5.75 Å². The SMILES string of the molecule is C=C1CCC(N2C(=O)c3ccc(OCCOCCN4CCN(Cc5ccc6c(c5)nc(NC(=O)c5cccc(C(F)(F)F)c5)n6[C@H]5CC[C@H](C)CC5)CC4)cc3C2=O)C(=O)N1. The first-order chi connectivity index (χ1) is 29.3. The number of hydrogen-bond donors (Lipinski definition) is 2. The third-order valence-corrected chi connectivity index (χ3v) is 12.2. The number of rotatable bonds is 13. The molecule has 1 aromatic heterocycles. The number of nitrogens with one attached hydrogen (secondary N) is 2. The number of fused-ring (bicyclic) bond motifs is 2. The zero-order valence-electron chi connectivity index (χ0n) is 34.1. The summed E-state index contributed by atoms with van der Waals surface area (Å²) in [7, 11) is 0. The molecule has 0 spiro atoms. The molecule has 3 fully saturated rings. The molecular weight excluding hydrogens is 792 g/mol. The first-order valence-corrected chi connectivity index (χ1v) is 21.0. The van der Waals surface area contributed by atoms with Crippen LogP contribution in [0.25, 0.3) is 11.0 Å². The Morgan fingerprint density at radius 2 is 1.64 bits per heavy atom. The average Bonchev–Trinajstić information content (AvgIpc) is 3.71. The summed E-state index contributed by atoms with van der Waals surface area (Å²) < 4.78 is 54.0. The molecule has 1 aliphatic carbocycles. The topological polar surface area (TPSA) is 138 Å². The fraction of sp³-hybridized carbons (Fsp3) is 0.444. The van der Waals surface area contributed by atoms with Crippen LogP contribution in [0.3, 0.4) is 0 Å². The summed E-state index contributed by atoms with van der Waals surface area (Å²) in [4.78, 5) is 62.6. The predicted molar refractivity (Wildman–Crippen MR) is 221 cm³/mol. The van der Waals surface area contributed by atoms with Gasteiger partial charge in [0.25, 0.3) is 17.7 Å². The smallest absolute Gasteiger partial charge is 0.416 e. The van der Waals surface area contributed by atoms with Crippen LogP contribution in [-0.2, 0) is 22.3 Å². The van der Waals surface area contributed by atoms with E-state index in [-0.39, 0.29) is 29.3 Å². The first kappa shape index (κ1) is 42.1. The van der Waals surface area contributed by atoms with Gasteiger partial charge in [-0.2, -0.15) is 13.2 Å². The van der Waals surface area contributed by atoms with E-state index in [0.29, 0.717) is 49.4 Å². The van der Waals surface area contributed by atoms with Gasteiger partial charge in [-0.25, -0.2) is 4.98 Å². The fourth-order valence-electron chi connectivity index (χ4n) is 8.77. The normalized spacial score (nSPS) is 21.5. The van der Waals surface area contributed by atoms with E-state index in [2.05, 4.69) is 44.6 Å². The Kier molecular flexibility index (Phi) is 12.3. The summed E-state index contributed by atoms with van der Waals surface area (Å²) in [6, 6.07) is 14.6. The van der Waals surface area contributed by atoms with Gasteiger partial charge >= 0.3 is 6.18 Å². The van der Waals surface area contributed by atoms with Gasteiger partial charge in [0.1, 0.15) is 18.4 Å². The van der Waals surface area contributed by atoms with Crippen molar-refractivity contribution >= 4 is 40.6 Å². The number of piperazine rings is 1. The Hall–Kier alpha value is -5.58. The number of imidazole rings is 1. The van der Waals surface area contributed by atoms with Crippen molar-refractivity contribution in [1.82, 2.24) is 29.6 Å². The molecule has 1 unspecified atom stereocenters. The molecule has 3 aromatic carbocycles. The zero-order valence-corrected chi connectivity index (χ0v) is 34.1. The van der Waals surface area contributed by atoms with Crippen LogP contribution >= 0.6 is 0 Å². The molecule has 4 aromatic rings. The lowest BCUT2D eigenvalue weighted by molar-refractivity contribution is -0.137. The molecule has 13 nitrogen and oxygen atoms in total. The molecule has 4 heterocycles. The van der Waals surface area contributed by atoms with Crippen molar-refractivity contribution in [1.29, 1.82) is 0 Å². The lowest BCUT2D eigenvalue weighted by Gasteiger charge is -2.34. The number of imide groups is 1. The number of anilines is 1. The number of alkyl halides is 3. The van der Waals surface area contributed by atoms with E-state index in [1.807, 2.05) is 12.1 Å². The molecular formula is C45H50F3N7O6. The van der Waals surface area contributed by atoms with Crippen LogP contribution in [-0.4, -0.2) is 106 Å². The quantitative estimate of drug-likeness (QED) is 0.112. The van der Waals surface area contributed by atoms with Crippen molar-refractivity contribution in [3.63, 3.8) is 0 Å². The third kappa shape index (κ3) is 9.36. The number of allylic oxidation sites excluding steroid dienone is 1. The third-order valence-electron chi connectivity index (χ3n) is 12.2. The molecule has 61 heavy (non-hydrogen) atoms. The van der Waals surface area contributed by atoms with Crippen molar-refractivity contribution in [2.75, 3.05) is 57.9 Å². The van der Waals surface area contributed by atoms with Gasteiger partial charge in [0, 0.05) is 56.6 Å². The molecule has 0 bridgehead atoms. The number of piperidine rings is 1. The maximum Gasteiger partial charge on any atom is 0.416 e. The van der Waals surface area contributed by atoms with Crippen LogP contribution in [0.4, 0.5) is 19.1 Å². The van der Waals surface area contributed by atoms with Crippen molar-refractivity contribution in [3.8, 4) is 5.75 Å². The number of carbonyl (C=O) groups excluding carboxylic acids is 4. The largest absolute Gasteiger partial charge is 0.491 e. The molecule has 3 aliphatic heterocycles. The lowest BCUT2D eigenvalue weighted by atomic mass is 9.87. The number of aromatic nitrogens is 2. The first-order valence-electron chi connectivity index (χ1n) is 21.0. The minimum Gasteiger partial charge on any atom is -0.491 e. The van der Waals surface area contributed by atoms with Gasteiger partial charge in [-0.15, -0.1) is 0 Å². The van der Waals surface area contributed by atoms with E-state index in [0.717, 1.165) is 98.6 Å². The highest BCUT2D eigenvalue weighted by atomic mass is 19.4. The monoisotopic (exact) mass is 841 g/mol. The van der Waals surface area contributed by atoms with E-state index in [4.69, 9.17) is 14.5 Å². The van der Waals surface area contributed by atoms with Crippen molar-refractivity contribution in [2.24, 2.45) is 5.92 Å². The Morgan fingerprint density at radius 3 is 2.39 bits per heavy atom. The molecule has 1 saturated carbocycles. The van der Waals surface area contributed by atoms with Gasteiger partial charge in [-0.1, -0.05) is 25.6 Å². The summed E-state index contributed by atoms with van der Waals surface area (Å²) in [5, 5.41) is 5.48. The Bertz CT molecular complexity index is 2330. The van der Waals surface area contributed by atoms with E-state index in [1.165, 1.54) is 12.1 Å². The highest BCUT2D eigenvalue weighted by Crippen LogP contribution is 2.37. The second-order valence-corrected chi connectivity index (χ2v) is 16.5. The average molecular weight is 842 g/mol. The van der Waals surface area contributed by atoms with Crippen LogP contribution in [0.1, 0.15) is 93.7 Å². The van der Waals surface area contributed by atoms with Crippen LogP contribution < -0.4 is 15.4 Å². The van der Waals surface area contributed by atoms with E-state index >= 15 is 0 Å². The van der Waals surface area contributed by atoms with Gasteiger partial charge in [-0.05, 0) is 98.5 Å². The fourth-order valence-corrected chi connectivity index (χ4v) is 8.77. The minimum absolute atomic E-state index is 0.0778. The molecule has 2 N–H and O–H groups in total. The zero-order chi connectivity index (χ0) is 42.8. The van der Waals surface area contributed by atoms with E-state index < -0.39 is 41.4 Å². The number of amides is 4. The summed E-state index contributed by atoms with van der Waals surface area (Å²) in [6.07, 6.45) is 0.213. The Morgan fingerprint density at radius 1 is 0.885 bits per heavy atom. The highest BCUT2D eigenvalue weighted by Gasteiger charge is 2.44. The second kappa shape index (κ2) is 17.8. The Labute approximate surface area is 351 Å². The lowest BCUT2D eigenvalue weighted by Crippen LogP contribution is -2.51. The summed E-state index contributed by atoms with van der Waals surface area (Å²) in [5.41, 5.74) is 2.80. The molecule has 2 saturated heterocycles. The van der Waals surface area contributed by atoms with Gasteiger partial charge in [-0.3, -0.25) is 39.2 Å². The molecule has 4 amide bonds. The van der Waals surface area contributed by atoms with Crippen LogP contribution in [0.2, 0.25) is 0 Å². The van der Waals surface area contributed by atoms with Crippen molar-refractivity contribution in [2.45, 2.75) is 70.3 Å². The number of nitrogens with zero attached hydrogens (tertiary/aromatic N) is 5. The van der Waals surface area contributed by atoms with Gasteiger partial charge in [0.2, 0.25) is 11.9 Å². The molecule has 1 atom stereocenters. The number of benzene rings is 3. The number of ether oxygens (including phenoxy) is 2.